The van der Waals surface area contributed by atoms with Crippen LogP contribution in [0.15, 0.2) is 42.5 Å². The minimum atomic E-state index is 0.0583. The number of fused-ring (bicyclic) bond motifs is 3. The number of anilines is 1. The van der Waals surface area contributed by atoms with Crippen LogP contribution < -0.4 is 5.32 Å². The third-order valence-corrected chi connectivity index (χ3v) is 4.42. The second-order valence-electron chi connectivity index (χ2n) is 5.52. The van der Waals surface area contributed by atoms with Crippen molar-refractivity contribution in [3.63, 3.8) is 0 Å². The minimum absolute atomic E-state index is 0.0583. The third kappa shape index (κ3) is 1.38. The number of hydrogen-bond acceptors (Lipinski definition) is 1. The number of carbonyl (C=O) groups excluding carboxylic acids is 1. The monoisotopic (exact) mass is 237 g/mol. The van der Waals surface area contributed by atoms with Crippen LogP contribution in [0.25, 0.3) is 5.57 Å². The fourth-order valence-electron chi connectivity index (χ4n) is 3.53. The molecule has 3 atom stereocenters. The Morgan fingerprint density at radius 1 is 1.17 bits per heavy atom. The molecule has 1 fully saturated rings. The van der Waals surface area contributed by atoms with Crippen LogP contribution in [0.2, 0.25) is 0 Å². The molecule has 2 bridgehead atoms. The second-order valence-corrected chi connectivity index (χ2v) is 5.52. The van der Waals surface area contributed by atoms with E-state index < -0.39 is 0 Å². The van der Waals surface area contributed by atoms with Gasteiger partial charge < -0.3 is 5.32 Å². The summed E-state index contributed by atoms with van der Waals surface area (Å²) in [6, 6.07) is 7.95. The maximum Gasteiger partial charge on any atom is 0.256 e. The average molecular weight is 237 g/mol. The van der Waals surface area contributed by atoms with E-state index in [9.17, 15) is 4.79 Å². The van der Waals surface area contributed by atoms with Crippen molar-refractivity contribution in [2.75, 3.05) is 5.32 Å². The van der Waals surface area contributed by atoms with Crippen molar-refractivity contribution in [2.45, 2.75) is 12.8 Å². The van der Waals surface area contributed by atoms with Gasteiger partial charge in [0, 0.05) is 16.8 Å². The number of rotatable bonds is 1. The minimum Gasteiger partial charge on any atom is -0.321 e. The van der Waals surface area contributed by atoms with Gasteiger partial charge in [0.1, 0.15) is 0 Å². The molecule has 1 aliphatic heterocycles. The number of hydrogen-bond donors (Lipinski definition) is 1. The van der Waals surface area contributed by atoms with E-state index in [1.54, 1.807) is 0 Å². The highest BCUT2D eigenvalue weighted by molar-refractivity contribution is 6.31. The molecule has 0 radical (unpaired) electrons. The quantitative estimate of drug-likeness (QED) is 0.589. The first kappa shape index (κ1) is 10.1. The van der Waals surface area contributed by atoms with Crippen molar-refractivity contribution in [3.05, 3.63) is 48.1 Å². The Hall–Kier alpha value is -1.83. The summed E-state index contributed by atoms with van der Waals surface area (Å²) in [5, 5.41) is 2.94. The number of benzene rings is 1. The maximum absolute atomic E-state index is 12.0. The molecule has 1 amide bonds. The van der Waals surface area contributed by atoms with Crippen LogP contribution in [0.3, 0.4) is 0 Å². The number of para-hydroxylation sites is 1. The Balaban J connectivity index is 1.73. The molecule has 4 rings (SSSR count). The van der Waals surface area contributed by atoms with E-state index in [2.05, 4.69) is 23.5 Å². The first-order chi connectivity index (χ1) is 8.81. The molecular formula is C16H15NO. The molecule has 1 saturated carbocycles. The Labute approximate surface area is 106 Å². The third-order valence-electron chi connectivity index (χ3n) is 4.42. The average Bonchev–Trinajstić information content (AvgIpc) is 3.05. The predicted molar refractivity (Wildman–Crippen MR) is 71.9 cm³/mol. The van der Waals surface area contributed by atoms with Gasteiger partial charge in [-0.05, 0) is 36.7 Å². The summed E-state index contributed by atoms with van der Waals surface area (Å²) in [6.07, 6.45) is 9.35. The standard InChI is InChI=1S/C16H15NO/c18-16-14(13-3-1-2-4-15(13)17-16)9-12-8-10-5-6-11(12)7-10/h1-6,9-12H,7-8H2,(H,17,18). The zero-order chi connectivity index (χ0) is 12.1. The van der Waals surface area contributed by atoms with E-state index in [0.29, 0.717) is 11.8 Å². The van der Waals surface area contributed by atoms with Gasteiger partial charge in [-0.2, -0.15) is 0 Å². The Kier molecular flexibility index (Phi) is 2.01. The molecule has 3 unspecified atom stereocenters. The molecule has 1 aromatic rings. The smallest absolute Gasteiger partial charge is 0.256 e. The van der Waals surface area contributed by atoms with Crippen LogP contribution in [0.4, 0.5) is 5.69 Å². The Morgan fingerprint density at radius 2 is 2.06 bits per heavy atom. The van der Waals surface area contributed by atoms with E-state index in [0.717, 1.165) is 22.7 Å². The highest BCUT2D eigenvalue weighted by Crippen LogP contribution is 2.45. The van der Waals surface area contributed by atoms with Crippen molar-refractivity contribution < 1.29 is 4.79 Å². The van der Waals surface area contributed by atoms with Crippen molar-refractivity contribution >= 4 is 17.2 Å². The van der Waals surface area contributed by atoms with Crippen molar-refractivity contribution in [3.8, 4) is 0 Å². The summed E-state index contributed by atoms with van der Waals surface area (Å²) < 4.78 is 0. The Bertz CT molecular complexity index is 585. The Morgan fingerprint density at radius 3 is 2.83 bits per heavy atom. The van der Waals surface area contributed by atoms with Gasteiger partial charge in [-0.3, -0.25) is 4.79 Å². The summed E-state index contributed by atoms with van der Waals surface area (Å²) in [4.78, 5) is 12.0. The normalized spacial score (nSPS) is 34.1. The van der Waals surface area contributed by atoms with Gasteiger partial charge in [0.2, 0.25) is 0 Å². The molecule has 1 N–H and O–H groups in total. The van der Waals surface area contributed by atoms with Crippen molar-refractivity contribution in [1.82, 2.24) is 0 Å². The zero-order valence-electron chi connectivity index (χ0n) is 10.1. The summed E-state index contributed by atoms with van der Waals surface area (Å²) in [7, 11) is 0. The first-order valence-corrected chi connectivity index (χ1v) is 6.62. The van der Waals surface area contributed by atoms with Crippen LogP contribution in [0, 0.1) is 17.8 Å². The van der Waals surface area contributed by atoms with E-state index >= 15 is 0 Å². The molecule has 3 aliphatic rings. The lowest BCUT2D eigenvalue weighted by Gasteiger charge is -2.14. The van der Waals surface area contributed by atoms with Crippen molar-refractivity contribution in [2.24, 2.45) is 17.8 Å². The van der Waals surface area contributed by atoms with E-state index in [4.69, 9.17) is 0 Å². The lowest BCUT2D eigenvalue weighted by molar-refractivity contribution is -0.110. The van der Waals surface area contributed by atoms with Crippen LogP contribution >= 0.6 is 0 Å². The topological polar surface area (TPSA) is 29.1 Å². The van der Waals surface area contributed by atoms with Crippen molar-refractivity contribution in [1.29, 1.82) is 0 Å². The van der Waals surface area contributed by atoms with Gasteiger partial charge in [0.15, 0.2) is 0 Å². The summed E-state index contributed by atoms with van der Waals surface area (Å²) in [5.74, 6) is 2.01. The largest absolute Gasteiger partial charge is 0.321 e. The van der Waals surface area contributed by atoms with E-state index in [1.165, 1.54) is 12.8 Å². The lowest BCUT2D eigenvalue weighted by Crippen LogP contribution is -2.08. The molecule has 0 aromatic heterocycles. The molecule has 2 nitrogen and oxygen atoms in total. The summed E-state index contributed by atoms with van der Waals surface area (Å²) in [6.45, 7) is 0. The molecule has 0 saturated heterocycles. The van der Waals surface area contributed by atoms with Gasteiger partial charge in [0.05, 0.1) is 0 Å². The molecule has 18 heavy (non-hydrogen) atoms. The first-order valence-electron chi connectivity index (χ1n) is 6.62. The second kappa shape index (κ2) is 3.58. The SMILES string of the molecule is O=C1Nc2ccccc2C1=CC1CC2C=CC1C2. The van der Waals surface area contributed by atoms with Crippen LogP contribution in [-0.4, -0.2) is 5.91 Å². The zero-order valence-corrected chi connectivity index (χ0v) is 10.1. The molecule has 90 valence electrons. The summed E-state index contributed by atoms with van der Waals surface area (Å²) in [5.41, 5.74) is 2.89. The maximum atomic E-state index is 12.0. The lowest BCUT2D eigenvalue weighted by atomic mass is 9.90. The molecule has 0 spiro atoms. The number of allylic oxidation sites excluding steroid dienone is 3. The predicted octanol–water partition coefficient (Wildman–Crippen LogP) is 3.23. The molecular weight excluding hydrogens is 222 g/mol. The van der Waals surface area contributed by atoms with Gasteiger partial charge in [-0.1, -0.05) is 36.4 Å². The fourth-order valence-corrected chi connectivity index (χ4v) is 3.53. The number of nitrogens with one attached hydrogen (secondary N) is 1. The van der Waals surface area contributed by atoms with E-state index in [1.807, 2.05) is 24.3 Å². The van der Waals surface area contributed by atoms with Crippen LogP contribution in [0.1, 0.15) is 18.4 Å². The highest BCUT2D eigenvalue weighted by Gasteiger charge is 2.36. The van der Waals surface area contributed by atoms with Crippen LogP contribution in [-0.2, 0) is 4.79 Å². The molecule has 2 aliphatic carbocycles. The molecule has 1 heterocycles. The summed E-state index contributed by atoms with van der Waals surface area (Å²) >= 11 is 0. The molecule has 1 aromatic carbocycles. The van der Waals surface area contributed by atoms with Gasteiger partial charge in [-0.15, -0.1) is 0 Å². The number of amides is 1. The van der Waals surface area contributed by atoms with Gasteiger partial charge in [0.25, 0.3) is 5.91 Å². The molecule has 2 heteroatoms. The van der Waals surface area contributed by atoms with Gasteiger partial charge in [-0.25, -0.2) is 0 Å². The van der Waals surface area contributed by atoms with Crippen LogP contribution in [0.5, 0.6) is 0 Å². The number of carbonyl (C=O) groups is 1. The highest BCUT2D eigenvalue weighted by atomic mass is 16.2. The van der Waals surface area contributed by atoms with Gasteiger partial charge >= 0.3 is 0 Å². The van der Waals surface area contributed by atoms with E-state index in [-0.39, 0.29) is 5.91 Å². The fraction of sp³-hybridized carbons (Fsp3) is 0.312.